The zero-order valence-electron chi connectivity index (χ0n) is 36.3. The summed E-state index contributed by atoms with van der Waals surface area (Å²) in [6.45, 7) is 2.20. The third-order valence-corrected chi connectivity index (χ3v) is 14.0. The van der Waals surface area contributed by atoms with Crippen molar-refractivity contribution in [1.29, 1.82) is 0 Å². The summed E-state index contributed by atoms with van der Waals surface area (Å²) in [5, 5.41) is 2.33. The van der Waals surface area contributed by atoms with E-state index in [4.69, 9.17) is 4.98 Å². The molecule has 3 heterocycles. The number of rotatable bonds is 9. The molecule has 65 heavy (non-hydrogen) atoms. The van der Waals surface area contributed by atoms with Gasteiger partial charge in [-0.3, -0.25) is 0 Å². The topological polar surface area (TPSA) is 24.3 Å². The summed E-state index contributed by atoms with van der Waals surface area (Å²) < 4.78 is 2.27. The van der Waals surface area contributed by atoms with E-state index in [1.807, 2.05) is 12.3 Å². The molecule has 0 spiro atoms. The van der Waals surface area contributed by atoms with Gasteiger partial charge in [-0.2, -0.15) is 0 Å². The normalized spacial score (nSPS) is 15.1. The van der Waals surface area contributed by atoms with Crippen LogP contribution in [-0.4, -0.2) is 9.55 Å². The number of pyridine rings is 1. The third-order valence-electron chi connectivity index (χ3n) is 14.0. The van der Waals surface area contributed by atoms with Crippen LogP contribution in [-0.2, 0) is 21.1 Å². The molecule has 12 rings (SSSR count). The number of hydrogen-bond acceptors (Lipinski definition) is 3. The van der Waals surface area contributed by atoms with Crippen LogP contribution < -0.4 is 9.80 Å². The van der Waals surface area contributed by atoms with Gasteiger partial charge in [0.1, 0.15) is 5.82 Å². The number of anilines is 4. The molecule has 0 bridgehead atoms. The molecule has 2 saturated carbocycles. The van der Waals surface area contributed by atoms with E-state index in [2.05, 4.69) is 203 Å². The number of aromatic nitrogens is 2. The molecule has 0 N–H and O–H groups in total. The van der Waals surface area contributed by atoms with E-state index >= 15 is 0 Å². The molecule has 2 aliphatic carbocycles. The largest absolute Gasteiger partial charge is 0.488 e. The van der Waals surface area contributed by atoms with E-state index in [1.54, 1.807) is 0 Å². The Bertz CT molecular complexity index is 3080. The molecular formula is C60H49N4Pt-3. The van der Waals surface area contributed by atoms with Crippen LogP contribution in [0.4, 0.5) is 22.7 Å². The molecule has 5 heteroatoms. The second-order valence-electron chi connectivity index (χ2n) is 17.8. The molecule has 0 saturated heterocycles. The van der Waals surface area contributed by atoms with E-state index in [0.29, 0.717) is 11.8 Å². The Morgan fingerprint density at radius 2 is 1.09 bits per heavy atom. The molecule has 2 fully saturated rings. The molecular weight excluding hydrogens is 972 g/mol. The first-order chi connectivity index (χ1) is 31.7. The quantitative estimate of drug-likeness (QED) is 0.106. The number of para-hydroxylation sites is 4. The molecule has 3 aliphatic rings. The predicted octanol–water partition coefficient (Wildman–Crippen LogP) is 15.5. The van der Waals surface area contributed by atoms with Crippen molar-refractivity contribution in [2.24, 2.45) is 0 Å². The van der Waals surface area contributed by atoms with Gasteiger partial charge in [-0.05, 0) is 119 Å². The SMILES string of the molecule is [Pt].[c-]1c(C(=C(c2ccc(C3CCCC3)cc2)c2ccc(C3CCCC3)cc2)c2[c-]c3c(cc2)c2ccccc2n3-c2ccccn2)cccc1N1[CH-]N(c2ccccc2)c2ccccc21. The molecule has 4 nitrogen and oxygen atoms in total. The molecule has 322 valence electrons. The van der Waals surface area contributed by atoms with Crippen LogP contribution in [0.15, 0.2) is 182 Å². The first kappa shape index (κ1) is 41.2. The van der Waals surface area contributed by atoms with Gasteiger partial charge in [-0.1, -0.05) is 140 Å². The summed E-state index contributed by atoms with van der Waals surface area (Å²) in [7, 11) is 0. The summed E-state index contributed by atoms with van der Waals surface area (Å²) in [4.78, 5) is 9.43. The van der Waals surface area contributed by atoms with Gasteiger partial charge >= 0.3 is 0 Å². The number of benzene rings is 7. The van der Waals surface area contributed by atoms with Crippen LogP contribution in [0, 0.1) is 18.8 Å². The maximum absolute atomic E-state index is 4.88. The van der Waals surface area contributed by atoms with Crippen molar-refractivity contribution in [3.05, 3.63) is 234 Å². The van der Waals surface area contributed by atoms with E-state index < -0.39 is 0 Å². The van der Waals surface area contributed by atoms with Gasteiger partial charge < -0.3 is 14.4 Å². The summed E-state index contributed by atoms with van der Waals surface area (Å²) in [5.41, 5.74) is 16.0. The Kier molecular flexibility index (Phi) is 11.3. The minimum Gasteiger partial charge on any atom is -0.488 e. The van der Waals surface area contributed by atoms with Crippen molar-refractivity contribution in [2.75, 3.05) is 9.80 Å². The maximum atomic E-state index is 4.88. The fraction of sp³-hybridized carbons (Fsp3) is 0.167. The van der Waals surface area contributed by atoms with Crippen LogP contribution in [0.3, 0.4) is 0 Å². The van der Waals surface area contributed by atoms with Crippen LogP contribution in [0.25, 0.3) is 38.8 Å². The minimum atomic E-state index is 0. The Balaban J connectivity index is 0.00000469. The second kappa shape index (κ2) is 17.8. The van der Waals surface area contributed by atoms with Crippen LogP contribution in [0.1, 0.15) is 96.6 Å². The van der Waals surface area contributed by atoms with Gasteiger partial charge in [-0.15, -0.1) is 65.8 Å². The number of nitrogens with zero attached hydrogens (tertiary/aromatic N) is 4. The van der Waals surface area contributed by atoms with Crippen molar-refractivity contribution >= 4 is 55.7 Å². The van der Waals surface area contributed by atoms with Gasteiger partial charge in [-0.25, -0.2) is 4.98 Å². The van der Waals surface area contributed by atoms with Gasteiger partial charge in [0.05, 0.1) is 0 Å². The van der Waals surface area contributed by atoms with E-state index in [-0.39, 0.29) is 21.1 Å². The molecule has 7 aromatic carbocycles. The molecule has 2 aromatic heterocycles. The second-order valence-corrected chi connectivity index (χ2v) is 17.8. The van der Waals surface area contributed by atoms with Crippen molar-refractivity contribution in [2.45, 2.75) is 63.2 Å². The Labute approximate surface area is 397 Å². The fourth-order valence-electron chi connectivity index (χ4n) is 10.8. The minimum absolute atomic E-state index is 0. The predicted molar refractivity (Wildman–Crippen MR) is 264 cm³/mol. The number of fused-ring (bicyclic) bond motifs is 4. The van der Waals surface area contributed by atoms with Gasteiger partial charge in [0.15, 0.2) is 0 Å². The molecule has 0 amide bonds. The Morgan fingerprint density at radius 1 is 0.492 bits per heavy atom. The fourth-order valence-corrected chi connectivity index (χ4v) is 10.8. The van der Waals surface area contributed by atoms with Crippen molar-refractivity contribution in [1.82, 2.24) is 9.55 Å². The standard InChI is InChI=1S/C60H49N4.Pt/c1-2-20-50(21-3-1)62-41-63(56-26-11-10-25-55(56)62)51-22-14-19-48(39-51)60(49-36-37-53-52-23-8-9-24-54(52)64(57(53)40-49)58-27-12-13-38-61-58)59(46-32-28-44(29-33-46)42-15-4-5-16-42)47-34-30-45(31-35-47)43-17-6-7-18-43;/h1-3,8-14,19-38,41-43H,4-7,15-18H2;/q-3;. The maximum Gasteiger partial charge on any atom is 0.136 e. The van der Waals surface area contributed by atoms with Crippen molar-refractivity contribution in [3.63, 3.8) is 0 Å². The van der Waals surface area contributed by atoms with Crippen LogP contribution in [0.5, 0.6) is 0 Å². The summed E-state index contributed by atoms with van der Waals surface area (Å²) in [6, 6.07) is 72.4. The van der Waals surface area contributed by atoms with Crippen molar-refractivity contribution < 1.29 is 21.1 Å². The number of hydrogen-bond donors (Lipinski definition) is 0. The molecule has 0 radical (unpaired) electrons. The van der Waals surface area contributed by atoms with Gasteiger partial charge in [0.25, 0.3) is 0 Å². The molecule has 1 aliphatic heterocycles. The summed E-state index contributed by atoms with van der Waals surface area (Å²) in [5.74, 6) is 2.14. The molecule has 9 aromatic rings. The van der Waals surface area contributed by atoms with Gasteiger partial charge in [0.2, 0.25) is 0 Å². The van der Waals surface area contributed by atoms with Crippen LogP contribution >= 0.6 is 0 Å². The third kappa shape index (κ3) is 7.62. The van der Waals surface area contributed by atoms with E-state index in [1.165, 1.54) is 84.6 Å². The van der Waals surface area contributed by atoms with Gasteiger partial charge in [0, 0.05) is 49.8 Å². The smallest absolute Gasteiger partial charge is 0.136 e. The Morgan fingerprint density at radius 3 is 1.75 bits per heavy atom. The zero-order chi connectivity index (χ0) is 42.4. The van der Waals surface area contributed by atoms with Crippen molar-refractivity contribution in [3.8, 4) is 5.82 Å². The van der Waals surface area contributed by atoms with E-state index in [9.17, 15) is 0 Å². The average Bonchev–Trinajstić information content (AvgIpc) is 4.21. The zero-order valence-corrected chi connectivity index (χ0v) is 38.6. The first-order valence-electron chi connectivity index (χ1n) is 23.2. The average molecular weight is 1020 g/mol. The Hall–Kier alpha value is -6.48. The summed E-state index contributed by atoms with van der Waals surface area (Å²) >= 11 is 0. The monoisotopic (exact) mass is 1020 g/mol. The molecule has 0 unspecified atom stereocenters. The summed E-state index contributed by atoms with van der Waals surface area (Å²) in [6.07, 6.45) is 12.2. The first-order valence-corrected chi connectivity index (χ1v) is 23.2. The van der Waals surface area contributed by atoms with Crippen LogP contribution in [0.2, 0.25) is 0 Å². The molecule has 0 atom stereocenters. The van der Waals surface area contributed by atoms with E-state index in [0.717, 1.165) is 61.7 Å².